The highest BCUT2D eigenvalue weighted by Crippen LogP contribution is 1.99. The number of hydrogen-bond donors (Lipinski definition) is 2. The minimum atomic E-state index is -0.482. The molecule has 0 aliphatic rings. The molecule has 0 aromatic rings. The number of amides is 1. The van der Waals surface area contributed by atoms with Crippen molar-refractivity contribution in [2.75, 3.05) is 6.54 Å². The molecule has 0 fully saturated rings. The van der Waals surface area contributed by atoms with Crippen LogP contribution in [0.2, 0.25) is 0 Å². The van der Waals surface area contributed by atoms with Crippen LogP contribution in [0, 0.1) is 0 Å². The summed E-state index contributed by atoms with van der Waals surface area (Å²) in [5.74, 6) is -0.0825. The lowest BCUT2D eigenvalue weighted by atomic mass is 10.2. The van der Waals surface area contributed by atoms with E-state index in [9.17, 15) is 4.79 Å². The van der Waals surface area contributed by atoms with Gasteiger partial charge in [0.2, 0.25) is 5.91 Å². The molecule has 3 heteroatoms. The quantitative estimate of drug-likeness (QED) is 0.616. The van der Waals surface area contributed by atoms with Crippen LogP contribution in [0.1, 0.15) is 27.2 Å². The van der Waals surface area contributed by atoms with E-state index in [0.717, 1.165) is 12.0 Å². The third-order valence-electron chi connectivity index (χ3n) is 1.58. The molecule has 0 saturated carbocycles. The maximum atomic E-state index is 11.2. The summed E-state index contributed by atoms with van der Waals surface area (Å²) >= 11 is 0. The van der Waals surface area contributed by atoms with Gasteiger partial charge in [0.05, 0.1) is 6.10 Å². The Kier molecular flexibility index (Phi) is 5.37. The molecule has 0 saturated heterocycles. The molecule has 0 aromatic carbocycles. The van der Waals surface area contributed by atoms with Gasteiger partial charge in [0.25, 0.3) is 0 Å². The number of allylic oxidation sites excluding steroid dienone is 1. The second-order valence-corrected chi connectivity index (χ2v) is 2.73. The van der Waals surface area contributed by atoms with Gasteiger partial charge in [-0.15, -0.1) is 0 Å². The number of carbonyl (C=O) groups is 1. The Morgan fingerprint density at radius 1 is 1.67 bits per heavy atom. The first-order valence-electron chi connectivity index (χ1n) is 4.23. The molecule has 0 aliphatic carbocycles. The summed E-state index contributed by atoms with van der Waals surface area (Å²) in [7, 11) is 0. The second kappa shape index (κ2) is 5.77. The average molecular weight is 171 g/mol. The van der Waals surface area contributed by atoms with Gasteiger partial charge in [-0.1, -0.05) is 13.0 Å². The van der Waals surface area contributed by atoms with E-state index in [1.165, 1.54) is 0 Å². The van der Waals surface area contributed by atoms with E-state index in [-0.39, 0.29) is 5.91 Å². The molecule has 70 valence electrons. The van der Waals surface area contributed by atoms with Crippen molar-refractivity contribution in [2.45, 2.75) is 33.3 Å². The molecule has 0 radical (unpaired) electrons. The van der Waals surface area contributed by atoms with E-state index in [2.05, 4.69) is 5.32 Å². The summed E-state index contributed by atoms with van der Waals surface area (Å²) in [6.07, 6.45) is 2.03. The van der Waals surface area contributed by atoms with E-state index in [1.807, 2.05) is 13.8 Å². The Balaban J connectivity index is 3.87. The molecule has 0 spiro atoms. The smallest absolute Gasteiger partial charge is 0.246 e. The van der Waals surface area contributed by atoms with E-state index in [1.54, 1.807) is 13.0 Å². The molecule has 0 heterocycles. The SMILES string of the molecule is CC=C(CC)C(=O)NCC(C)O. The van der Waals surface area contributed by atoms with Crippen LogP contribution in [-0.2, 0) is 4.79 Å². The van der Waals surface area contributed by atoms with Crippen molar-refractivity contribution in [3.05, 3.63) is 11.6 Å². The summed E-state index contributed by atoms with van der Waals surface area (Å²) in [6, 6.07) is 0. The highest BCUT2D eigenvalue weighted by molar-refractivity contribution is 5.93. The zero-order valence-electron chi connectivity index (χ0n) is 7.92. The number of aliphatic hydroxyl groups excluding tert-OH is 1. The number of rotatable bonds is 4. The van der Waals surface area contributed by atoms with Crippen molar-refractivity contribution in [3.8, 4) is 0 Å². The van der Waals surface area contributed by atoms with Crippen LogP contribution in [0.3, 0.4) is 0 Å². The molecule has 1 amide bonds. The molecule has 0 rings (SSSR count). The minimum Gasteiger partial charge on any atom is -0.392 e. The van der Waals surface area contributed by atoms with Crippen molar-refractivity contribution in [1.82, 2.24) is 5.32 Å². The second-order valence-electron chi connectivity index (χ2n) is 2.73. The highest BCUT2D eigenvalue weighted by atomic mass is 16.3. The molecular weight excluding hydrogens is 154 g/mol. The topological polar surface area (TPSA) is 49.3 Å². The first kappa shape index (κ1) is 11.2. The van der Waals surface area contributed by atoms with E-state index in [0.29, 0.717) is 6.54 Å². The number of hydrogen-bond acceptors (Lipinski definition) is 2. The standard InChI is InChI=1S/C9H17NO2/c1-4-8(5-2)9(12)10-6-7(3)11/h4,7,11H,5-6H2,1-3H3,(H,10,12). The fraction of sp³-hybridized carbons (Fsp3) is 0.667. The summed E-state index contributed by atoms with van der Waals surface area (Å²) in [6.45, 7) is 5.72. The number of carbonyl (C=O) groups excluding carboxylic acids is 1. The largest absolute Gasteiger partial charge is 0.392 e. The van der Waals surface area contributed by atoms with Crippen LogP contribution >= 0.6 is 0 Å². The molecule has 1 unspecified atom stereocenters. The summed E-state index contributed by atoms with van der Waals surface area (Å²) < 4.78 is 0. The van der Waals surface area contributed by atoms with E-state index in [4.69, 9.17) is 5.11 Å². The Hall–Kier alpha value is -0.830. The van der Waals surface area contributed by atoms with Gasteiger partial charge in [-0.25, -0.2) is 0 Å². The predicted molar refractivity (Wildman–Crippen MR) is 48.7 cm³/mol. The normalized spacial score (nSPS) is 14.2. The minimum absolute atomic E-state index is 0.0825. The number of aliphatic hydroxyl groups is 1. The molecular formula is C9H17NO2. The van der Waals surface area contributed by atoms with Gasteiger partial charge in [-0.05, 0) is 20.3 Å². The molecule has 2 N–H and O–H groups in total. The third-order valence-corrected chi connectivity index (χ3v) is 1.58. The summed E-state index contributed by atoms with van der Waals surface area (Å²) in [5, 5.41) is 11.5. The zero-order chi connectivity index (χ0) is 9.56. The van der Waals surface area contributed by atoms with Gasteiger partial charge in [-0.2, -0.15) is 0 Å². The molecule has 12 heavy (non-hydrogen) atoms. The van der Waals surface area contributed by atoms with Crippen molar-refractivity contribution in [2.24, 2.45) is 0 Å². The van der Waals surface area contributed by atoms with Gasteiger partial charge < -0.3 is 10.4 Å². The molecule has 0 aliphatic heterocycles. The lowest BCUT2D eigenvalue weighted by Gasteiger charge is -2.07. The van der Waals surface area contributed by atoms with Crippen molar-refractivity contribution in [3.63, 3.8) is 0 Å². The maximum absolute atomic E-state index is 11.2. The van der Waals surface area contributed by atoms with Crippen LogP contribution in [0.5, 0.6) is 0 Å². The monoisotopic (exact) mass is 171 g/mol. The van der Waals surface area contributed by atoms with Gasteiger partial charge in [0.1, 0.15) is 0 Å². The Labute approximate surface area is 73.5 Å². The van der Waals surface area contributed by atoms with Crippen LogP contribution in [0.25, 0.3) is 0 Å². The predicted octanol–water partition coefficient (Wildman–Crippen LogP) is 0.840. The van der Waals surface area contributed by atoms with Crippen LogP contribution in [0.15, 0.2) is 11.6 Å². The summed E-state index contributed by atoms with van der Waals surface area (Å²) in [5.41, 5.74) is 0.760. The van der Waals surface area contributed by atoms with Crippen molar-refractivity contribution < 1.29 is 9.90 Å². The molecule has 3 nitrogen and oxygen atoms in total. The molecule has 0 aromatic heterocycles. The third kappa shape index (κ3) is 4.13. The Bertz CT molecular complexity index is 173. The van der Waals surface area contributed by atoms with Gasteiger partial charge in [-0.3, -0.25) is 4.79 Å². The Morgan fingerprint density at radius 3 is 2.58 bits per heavy atom. The van der Waals surface area contributed by atoms with Gasteiger partial charge >= 0.3 is 0 Å². The lowest BCUT2D eigenvalue weighted by Crippen LogP contribution is -2.31. The van der Waals surface area contributed by atoms with Crippen LogP contribution in [-0.4, -0.2) is 23.7 Å². The Morgan fingerprint density at radius 2 is 2.25 bits per heavy atom. The fourth-order valence-electron chi connectivity index (χ4n) is 0.850. The van der Waals surface area contributed by atoms with Crippen LogP contribution in [0.4, 0.5) is 0 Å². The van der Waals surface area contributed by atoms with Gasteiger partial charge in [0.15, 0.2) is 0 Å². The number of nitrogens with one attached hydrogen (secondary N) is 1. The zero-order valence-corrected chi connectivity index (χ0v) is 7.92. The molecule has 1 atom stereocenters. The van der Waals surface area contributed by atoms with E-state index >= 15 is 0 Å². The van der Waals surface area contributed by atoms with E-state index < -0.39 is 6.10 Å². The van der Waals surface area contributed by atoms with Gasteiger partial charge in [0, 0.05) is 12.1 Å². The highest BCUT2D eigenvalue weighted by Gasteiger charge is 2.05. The first-order valence-corrected chi connectivity index (χ1v) is 4.23. The maximum Gasteiger partial charge on any atom is 0.246 e. The average Bonchev–Trinajstić information content (AvgIpc) is 2.03. The summed E-state index contributed by atoms with van der Waals surface area (Å²) in [4.78, 5) is 11.2. The fourth-order valence-corrected chi connectivity index (χ4v) is 0.850. The molecule has 0 bridgehead atoms. The van der Waals surface area contributed by atoms with Crippen molar-refractivity contribution >= 4 is 5.91 Å². The van der Waals surface area contributed by atoms with Crippen LogP contribution < -0.4 is 5.32 Å². The van der Waals surface area contributed by atoms with Crippen molar-refractivity contribution in [1.29, 1.82) is 0 Å². The lowest BCUT2D eigenvalue weighted by molar-refractivity contribution is -0.118. The first-order chi connectivity index (χ1) is 5.61.